The van der Waals surface area contributed by atoms with Gasteiger partial charge in [0.15, 0.2) is 0 Å². The molecule has 0 fully saturated rings. The van der Waals surface area contributed by atoms with Crippen molar-refractivity contribution >= 4 is 5.97 Å². The Bertz CT molecular complexity index is 381. The van der Waals surface area contributed by atoms with Gasteiger partial charge in [0.05, 0.1) is 5.41 Å². The highest BCUT2D eigenvalue weighted by Crippen LogP contribution is 2.53. The van der Waals surface area contributed by atoms with E-state index in [1.54, 1.807) is 41.5 Å². The van der Waals surface area contributed by atoms with Crippen molar-refractivity contribution in [3.63, 3.8) is 0 Å². The Labute approximate surface area is 126 Å². The predicted molar refractivity (Wildman–Crippen MR) is 69.0 cm³/mol. The van der Waals surface area contributed by atoms with Gasteiger partial charge in [0.1, 0.15) is 0 Å². The lowest BCUT2D eigenvalue weighted by Gasteiger charge is -2.49. The number of alkyl halides is 6. The summed E-state index contributed by atoms with van der Waals surface area (Å²) < 4.78 is 79.3. The minimum absolute atomic E-state index is 0.913. The number of rotatable bonds is 2. The van der Waals surface area contributed by atoms with Gasteiger partial charge in [0, 0.05) is 0 Å². The summed E-state index contributed by atoms with van der Waals surface area (Å²) in [7, 11) is 0. The molecular weight excluding hydrogens is 314 g/mol. The number of hydrogen-bond donors (Lipinski definition) is 0. The first-order valence-electron chi connectivity index (χ1n) is 6.61. The lowest BCUT2D eigenvalue weighted by molar-refractivity contribution is -0.318. The summed E-state index contributed by atoms with van der Waals surface area (Å²) in [4.78, 5) is 12.2. The number of ether oxygens (including phenoxy) is 1. The van der Waals surface area contributed by atoms with Gasteiger partial charge in [0.2, 0.25) is 0 Å². The summed E-state index contributed by atoms with van der Waals surface area (Å²) in [6.45, 7) is 10.7. The molecule has 0 aliphatic carbocycles. The van der Waals surface area contributed by atoms with Crippen molar-refractivity contribution < 1.29 is 35.9 Å². The van der Waals surface area contributed by atoms with Gasteiger partial charge in [-0.15, -0.1) is 0 Å². The van der Waals surface area contributed by atoms with Crippen LogP contribution < -0.4 is 0 Å². The molecule has 8 heteroatoms. The summed E-state index contributed by atoms with van der Waals surface area (Å²) in [5.41, 5.74) is -3.39. The van der Waals surface area contributed by atoms with E-state index < -0.39 is 40.7 Å². The zero-order valence-electron chi connectivity index (χ0n) is 13.7. The van der Waals surface area contributed by atoms with E-state index in [0.29, 0.717) is 0 Å². The van der Waals surface area contributed by atoms with Gasteiger partial charge in [-0.25, -0.2) is 0 Å². The van der Waals surface area contributed by atoms with Crippen LogP contribution in [0.25, 0.3) is 0 Å². The van der Waals surface area contributed by atoms with E-state index in [1.807, 2.05) is 0 Å². The van der Waals surface area contributed by atoms with E-state index in [1.165, 1.54) is 6.92 Å². The molecular formula is C14H22F6O2. The Morgan fingerprint density at radius 1 is 0.727 bits per heavy atom. The maximum absolute atomic E-state index is 12.6. The average Bonchev–Trinajstić information content (AvgIpc) is 2.17. The molecule has 0 amide bonds. The number of carbonyl (C=O) groups is 1. The monoisotopic (exact) mass is 336 g/mol. The highest BCUT2D eigenvalue weighted by Gasteiger charge is 2.63. The van der Waals surface area contributed by atoms with Gasteiger partial charge in [0.25, 0.3) is 6.10 Å². The highest BCUT2D eigenvalue weighted by atomic mass is 19.4. The molecule has 2 nitrogen and oxygen atoms in total. The molecule has 0 radical (unpaired) electrons. The van der Waals surface area contributed by atoms with Gasteiger partial charge in [-0.05, 0) is 17.8 Å². The van der Waals surface area contributed by atoms with Crippen molar-refractivity contribution in [3.8, 4) is 0 Å². The van der Waals surface area contributed by atoms with Crippen LogP contribution in [0.4, 0.5) is 26.3 Å². The lowest BCUT2D eigenvalue weighted by Crippen LogP contribution is -2.55. The van der Waals surface area contributed by atoms with Crippen molar-refractivity contribution in [3.05, 3.63) is 0 Å². The molecule has 0 aromatic rings. The van der Waals surface area contributed by atoms with Crippen LogP contribution in [0.1, 0.15) is 48.5 Å². The normalized spacial score (nSPS) is 15.2. The van der Waals surface area contributed by atoms with Gasteiger partial charge in [-0.1, -0.05) is 41.5 Å². The quantitative estimate of drug-likeness (QED) is 0.517. The summed E-state index contributed by atoms with van der Waals surface area (Å²) in [6.07, 6.45) is -15.6. The Morgan fingerprint density at radius 3 is 1.18 bits per heavy atom. The fourth-order valence-electron chi connectivity index (χ4n) is 2.28. The van der Waals surface area contributed by atoms with Crippen molar-refractivity contribution in [2.24, 2.45) is 16.2 Å². The van der Waals surface area contributed by atoms with Crippen LogP contribution in [-0.4, -0.2) is 24.4 Å². The zero-order chi connectivity index (χ0) is 18.4. The van der Waals surface area contributed by atoms with E-state index in [2.05, 4.69) is 4.74 Å². The smallest absolute Gasteiger partial charge is 0.434 e. The van der Waals surface area contributed by atoms with Gasteiger partial charge in [-0.2, -0.15) is 26.3 Å². The summed E-state index contributed by atoms with van der Waals surface area (Å²) in [5.74, 6) is -1.52. The van der Waals surface area contributed by atoms with Gasteiger partial charge < -0.3 is 4.74 Å². The first-order chi connectivity index (χ1) is 9.26. The molecule has 22 heavy (non-hydrogen) atoms. The molecule has 0 spiro atoms. The van der Waals surface area contributed by atoms with E-state index in [0.717, 1.165) is 0 Å². The first kappa shape index (κ1) is 21.0. The number of halogens is 6. The molecule has 0 aliphatic heterocycles. The zero-order valence-corrected chi connectivity index (χ0v) is 13.7. The summed E-state index contributed by atoms with van der Waals surface area (Å²) >= 11 is 0. The molecule has 0 heterocycles. The van der Waals surface area contributed by atoms with Crippen LogP contribution in [0.15, 0.2) is 0 Å². The Balaban J connectivity index is 5.83. The van der Waals surface area contributed by atoms with E-state index >= 15 is 0 Å². The number of esters is 1. The predicted octanol–water partition coefficient (Wildman–Crippen LogP) is 5.12. The van der Waals surface area contributed by atoms with Crippen LogP contribution in [-0.2, 0) is 9.53 Å². The molecule has 0 bridgehead atoms. The standard InChI is InChI=1S/C14H22F6O2/c1-10(2,3)12(7,11(4,5)6)9(21)22-8(13(15,16)17)14(18,19)20/h8H,1-7H3. The van der Waals surface area contributed by atoms with Crippen molar-refractivity contribution in [1.82, 2.24) is 0 Å². The van der Waals surface area contributed by atoms with E-state index in [4.69, 9.17) is 0 Å². The molecule has 0 N–H and O–H groups in total. The van der Waals surface area contributed by atoms with Crippen LogP contribution in [0.2, 0.25) is 0 Å². The third kappa shape index (κ3) is 4.07. The van der Waals surface area contributed by atoms with Crippen molar-refractivity contribution in [1.29, 1.82) is 0 Å². The fraction of sp³-hybridized carbons (Fsp3) is 0.929. The Kier molecular flexibility index (Phi) is 5.36. The molecule has 0 aromatic carbocycles. The number of carbonyl (C=O) groups excluding carboxylic acids is 1. The SMILES string of the molecule is CC(C)(C)C(C)(C(=O)OC(C(F)(F)F)C(F)(F)F)C(C)(C)C. The van der Waals surface area contributed by atoms with E-state index in [9.17, 15) is 31.1 Å². The molecule has 132 valence electrons. The second-order valence-corrected chi connectivity index (χ2v) is 7.49. The van der Waals surface area contributed by atoms with Gasteiger partial charge in [-0.3, -0.25) is 4.79 Å². The van der Waals surface area contributed by atoms with Crippen LogP contribution in [0.5, 0.6) is 0 Å². The number of hydrogen-bond acceptors (Lipinski definition) is 2. The Morgan fingerprint density at radius 2 is 1.00 bits per heavy atom. The van der Waals surface area contributed by atoms with Crippen molar-refractivity contribution in [2.75, 3.05) is 0 Å². The topological polar surface area (TPSA) is 26.3 Å². The molecule has 0 saturated heterocycles. The average molecular weight is 336 g/mol. The molecule has 0 aliphatic rings. The molecule has 0 atom stereocenters. The minimum Gasteiger partial charge on any atom is -0.442 e. The lowest BCUT2D eigenvalue weighted by atomic mass is 9.55. The Hall–Kier alpha value is -0.950. The molecule has 0 rings (SSSR count). The largest absolute Gasteiger partial charge is 0.442 e. The third-order valence-electron chi connectivity index (χ3n) is 4.23. The molecule has 0 aromatic heterocycles. The summed E-state index contributed by atoms with van der Waals surface area (Å²) in [5, 5.41) is 0. The van der Waals surface area contributed by atoms with Gasteiger partial charge >= 0.3 is 18.3 Å². The second-order valence-electron chi connectivity index (χ2n) is 7.49. The highest BCUT2D eigenvalue weighted by molar-refractivity contribution is 5.78. The van der Waals surface area contributed by atoms with E-state index in [-0.39, 0.29) is 0 Å². The van der Waals surface area contributed by atoms with Crippen LogP contribution in [0, 0.1) is 16.2 Å². The molecule has 0 unspecified atom stereocenters. The van der Waals surface area contributed by atoms with Crippen LogP contribution in [0.3, 0.4) is 0 Å². The van der Waals surface area contributed by atoms with Crippen molar-refractivity contribution in [2.45, 2.75) is 66.9 Å². The first-order valence-corrected chi connectivity index (χ1v) is 6.61. The molecule has 0 saturated carbocycles. The van der Waals surface area contributed by atoms with Crippen LogP contribution >= 0.6 is 0 Å². The third-order valence-corrected chi connectivity index (χ3v) is 4.23. The fourth-order valence-corrected chi connectivity index (χ4v) is 2.28. The summed E-state index contributed by atoms with van der Waals surface area (Å²) in [6, 6.07) is 0. The maximum atomic E-state index is 12.6. The second kappa shape index (κ2) is 5.60. The maximum Gasteiger partial charge on any atom is 0.434 e. The minimum atomic E-state index is -5.72.